The summed E-state index contributed by atoms with van der Waals surface area (Å²) in [5, 5.41) is 13.0. The number of amides is 3. The van der Waals surface area contributed by atoms with Crippen LogP contribution in [0.5, 0.6) is 17.2 Å². The summed E-state index contributed by atoms with van der Waals surface area (Å²) in [4.78, 5) is 41.3. The molecule has 2 aliphatic heterocycles. The van der Waals surface area contributed by atoms with E-state index in [1.54, 1.807) is 24.4 Å². The first kappa shape index (κ1) is 35.1. The Kier molecular flexibility index (Phi) is 12.4. The number of aromatic nitrogens is 2. The highest BCUT2D eigenvalue weighted by molar-refractivity contribution is 5.95. The molecule has 3 aromatic carbocycles. The highest BCUT2D eigenvalue weighted by Gasteiger charge is 2.20. The summed E-state index contributed by atoms with van der Waals surface area (Å²) < 4.78 is 28.2. The molecule has 6 rings (SSSR count). The summed E-state index contributed by atoms with van der Waals surface area (Å²) in [6.45, 7) is 4.91. The Labute approximate surface area is 285 Å². The van der Waals surface area contributed by atoms with Gasteiger partial charge in [0.15, 0.2) is 23.1 Å². The van der Waals surface area contributed by atoms with Gasteiger partial charge in [-0.25, -0.2) is 4.39 Å². The van der Waals surface area contributed by atoms with E-state index in [9.17, 15) is 14.4 Å². The normalized spacial score (nSPS) is 17.0. The van der Waals surface area contributed by atoms with Gasteiger partial charge in [0.05, 0.1) is 13.7 Å². The fourth-order valence-electron chi connectivity index (χ4n) is 5.70. The molecule has 2 aliphatic rings. The van der Waals surface area contributed by atoms with E-state index in [2.05, 4.69) is 38.1 Å². The van der Waals surface area contributed by atoms with Gasteiger partial charge in [0, 0.05) is 50.6 Å². The molecule has 4 aromatic rings. The average Bonchev–Trinajstić information content (AvgIpc) is 3.62. The van der Waals surface area contributed by atoms with Crippen molar-refractivity contribution in [3.63, 3.8) is 0 Å². The van der Waals surface area contributed by atoms with Crippen molar-refractivity contribution in [1.29, 1.82) is 0 Å². The topological polar surface area (TPSA) is 127 Å². The van der Waals surface area contributed by atoms with Gasteiger partial charge in [0.25, 0.3) is 5.91 Å². The van der Waals surface area contributed by atoms with Crippen molar-refractivity contribution in [2.75, 3.05) is 26.7 Å². The molecular formula is C37H43FN6O5. The van der Waals surface area contributed by atoms with Gasteiger partial charge in [-0.15, -0.1) is 0 Å². The zero-order chi connectivity index (χ0) is 34.6. The van der Waals surface area contributed by atoms with Gasteiger partial charge >= 0.3 is 0 Å². The van der Waals surface area contributed by atoms with Crippen molar-refractivity contribution in [2.24, 2.45) is 0 Å². The van der Waals surface area contributed by atoms with Crippen LogP contribution in [0, 0.1) is 5.82 Å². The maximum Gasteiger partial charge on any atom is 0.251 e. The van der Waals surface area contributed by atoms with Crippen molar-refractivity contribution in [3.05, 3.63) is 107 Å². The van der Waals surface area contributed by atoms with E-state index in [0.29, 0.717) is 68.9 Å². The molecule has 258 valence electrons. The summed E-state index contributed by atoms with van der Waals surface area (Å²) >= 11 is 0. The quantitative estimate of drug-likeness (QED) is 0.269. The van der Waals surface area contributed by atoms with Crippen LogP contribution < -0.4 is 25.4 Å². The number of carbonyl (C=O) groups excluding carboxylic acids is 3. The molecule has 0 saturated heterocycles. The van der Waals surface area contributed by atoms with Crippen molar-refractivity contribution in [2.45, 2.75) is 58.3 Å². The van der Waals surface area contributed by atoms with Crippen LogP contribution in [0.1, 0.15) is 59.7 Å². The predicted molar refractivity (Wildman–Crippen MR) is 183 cm³/mol. The van der Waals surface area contributed by atoms with Gasteiger partial charge in [-0.05, 0) is 78.9 Å². The van der Waals surface area contributed by atoms with Gasteiger partial charge in [-0.3, -0.25) is 24.0 Å². The van der Waals surface area contributed by atoms with Crippen LogP contribution in [-0.2, 0) is 29.2 Å². The minimum Gasteiger partial charge on any atom is -0.493 e. The number of hydrogen-bond acceptors (Lipinski definition) is 7. The third kappa shape index (κ3) is 9.89. The van der Waals surface area contributed by atoms with E-state index in [1.165, 1.54) is 25.3 Å². The van der Waals surface area contributed by atoms with Crippen LogP contribution in [0.25, 0.3) is 0 Å². The summed E-state index contributed by atoms with van der Waals surface area (Å²) in [5.74, 6) is -1.02. The second kappa shape index (κ2) is 17.3. The molecule has 1 aromatic heterocycles. The summed E-state index contributed by atoms with van der Waals surface area (Å²) in [5.41, 5.74) is 3.16. The number of ether oxygens (including phenoxy) is 2. The Morgan fingerprint density at radius 1 is 0.939 bits per heavy atom. The number of carbonyl (C=O) groups is 3. The Morgan fingerprint density at radius 2 is 1.73 bits per heavy atom. The molecule has 12 heteroatoms. The molecule has 0 saturated carbocycles. The molecule has 4 bridgehead atoms. The van der Waals surface area contributed by atoms with E-state index < -0.39 is 11.9 Å². The highest BCUT2D eigenvalue weighted by Crippen LogP contribution is 2.34. The fraction of sp³-hybridized carbons (Fsp3) is 0.351. The molecule has 49 heavy (non-hydrogen) atoms. The Hall–Kier alpha value is -5.23. The number of nitrogens with zero attached hydrogens (tertiary/aromatic N) is 3. The lowest BCUT2D eigenvalue weighted by Crippen LogP contribution is -2.46. The Bertz CT molecular complexity index is 1730. The van der Waals surface area contributed by atoms with E-state index in [1.807, 2.05) is 36.0 Å². The highest BCUT2D eigenvalue weighted by atomic mass is 19.1. The third-order valence-corrected chi connectivity index (χ3v) is 8.39. The molecule has 3 heterocycles. The first-order valence-corrected chi connectivity index (χ1v) is 16.6. The van der Waals surface area contributed by atoms with Crippen LogP contribution in [0.4, 0.5) is 4.39 Å². The molecule has 3 N–H and O–H groups in total. The van der Waals surface area contributed by atoms with E-state index in [0.717, 1.165) is 11.1 Å². The lowest BCUT2D eigenvalue weighted by molar-refractivity contribution is -0.129. The van der Waals surface area contributed by atoms with Gasteiger partial charge < -0.3 is 25.4 Å². The van der Waals surface area contributed by atoms with Crippen molar-refractivity contribution >= 4 is 17.7 Å². The second-order valence-electron chi connectivity index (χ2n) is 11.9. The number of fused-ring (bicyclic) bond motifs is 16. The SMILES string of the molecule is CC[C@@H]1NC(=O)CCCN(Cc2ccccc2Cn2cccn2)CCCNC(=O)c2ccc(OC)c(c2)Oc2ccc(cc2F)CNC1=O. The van der Waals surface area contributed by atoms with E-state index >= 15 is 4.39 Å². The molecule has 0 spiro atoms. The molecule has 0 fully saturated rings. The lowest BCUT2D eigenvalue weighted by Gasteiger charge is -2.24. The maximum absolute atomic E-state index is 15.1. The lowest BCUT2D eigenvalue weighted by atomic mass is 10.1. The van der Waals surface area contributed by atoms with Crippen LogP contribution in [0.15, 0.2) is 79.1 Å². The maximum atomic E-state index is 15.1. The first-order chi connectivity index (χ1) is 23.8. The molecular weight excluding hydrogens is 627 g/mol. The molecule has 11 nitrogen and oxygen atoms in total. The first-order valence-electron chi connectivity index (χ1n) is 16.6. The largest absolute Gasteiger partial charge is 0.493 e. The van der Waals surface area contributed by atoms with Crippen molar-refractivity contribution < 1.29 is 28.2 Å². The Morgan fingerprint density at radius 3 is 2.47 bits per heavy atom. The zero-order valence-corrected chi connectivity index (χ0v) is 27.9. The standard InChI is InChI=1S/C37H43FN6O5/c1-3-31-37(47)40-23-26-12-14-32(30(38)21-26)49-34-22-27(13-15-33(34)48-2)36(46)39-16-7-19-43(18-6-11-35(45)42-31)24-28-9-4-5-10-29(28)25-44-20-8-17-41-44/h4-5,8-10,12-15,17,20-22,31H,3,6-7,11,16,18-19,23-25H2,1-2H3,(H,39,46)(H,40,47)(H,42,45)/t31-/m0/s1. The number of nitrogens with one attached hydrogen (secondary N) is 3. The summed E-state index contributed by atoms with van der Waals surface area (Å²) in [7, 11) is 1.47. The predicted octanol–water partition coefficient (Wildman–Crippen LogP) is 4.80. The van der Waals surface area contributed by atoms with Crippen LogP contribution in [0.3, 0.4) is 0 Å². The molecule has 0 unspecified atom stereocenters. The molecule has 1 atom stereocenters. The van der Waals surface area contributed by atoms with Crippen molar-refractivity contribution in [1.82, 2.24) is 30.6 Å². The van der Waals surface area contributed by atoms with Gasteiger partial charge in [-0.1, -0.05) is 37.3 Å². The Balaban J connectivity index is 1.34. The third-order valence-electron chi connectivity index (χ3n) is 8.39. The van der Waals surface area contributed by atoms with Gasteiger partial charge in [-0.2, -0.15) is 5.10 Å². The number of halogens is 1. The average molecular weight is 671 g/mol. The number of methoxy groups -OCH3 is 1. The van der Waals surface area contributed by atoms with Gasteiger partial charge in [0.2, 0.25) is 11.8 Å². The summed E-state index contributed by atoms with van der Waals surface area (Å²) in [6, 6.07) is 18.5. The molecule has 3 amide bonds. The minimum absolute atomic E-state index is 0.0608. The smallest absolute Gasteiger partial charge is 0.251 e. The van der Waals surface area contributed by atoms with Crippen LogP contribution in [0.2, 0.25) is 0 Å². The fourth-order valence-corrected chi connectivity index (χ4v) is 5.70. The second-order valence-corrected chi connectivity index (χ2v) is 11.9. The number of benzene rings is 3. The molecule has 0 radical (unpaired) electrons. The summed E-state index contributed by atoms with van der Waals surface area (Å²) in [6.07, 6.45) is 5.58. The van der Waals surface area contributed by atoms with E-state index in [4.69, 9.17) is 9.47 Å². The molecule has 0 aliphatic carbocycles. The van der Waals surface area contributed by atoms with Crippen LogP contribution >= 0.6 is 0 Å². The van der Waals surface area contributed by atoms with Crippen LogP contribution in [-0.4, -0.2) is 65.2 Å². The van der Waals surface area contributed by atoms with Crippen molar-refractivity contribution in [3.8, 4) is 17.2 Å². The number of hydrogen-bond donors (Lipinski definition) is 3. The zero-order valence-electron chi connectivity index (χ0n) is 27.9. The van der Waals surface area contributed by atoms with E-state index in [-0.39, 0.29) is 42.2 Å². The van der Waals surface area contributed by atoms with Gasteiger partial charge in [0.1, 0.15) is 6.04 Å². The monoisotopic (exact) mass is 670 g/mol. The number of rotatable bonds is 6. The minimum atomic E-state index is -0.713.